The van der Waals surface area contributed by atoms with Crippen LogP contribution in [0.15, 0.2) is 24.3 Å². The average Bonchev–Trinajstić information content (AvgIpc) is 2.55. The van der Waals surface area contributed by atoms with Gasteiger partial charge in [0.15, 0.2) is 0 Å². The van der Waals surface area contributed by atoms with Crippen LogP contribution in [0, 0.1) is 16.0 Å². The van der Waals surface area contributed by atoms with E-state index in [1.165, 1.54) is 31.4 Å². The topological polar surface area (TPSA) is 75.5 Å². The van der Waals surface area contributed by atoms with E-state index in [-0.39, 0.29) is 17.6 Å². The Balaban J connectivity index is 1.65. The highest BCUT2D eigenvalue weighted by Gasteiger charge is 2.38. The fourth-order valence-corrected chi connectivity index (χ4v) is 4.35. The summed E-state index contributed by atoms with van der Waals surface area (Å²) in [5.41, 5.74) is 0.320. The van der Waals surface area contributed by atoms with Gasteiger partial charge in [0.25, 0.3) is 11.6 Å². The molecule has 25 heavy (non-hydrogen) atoms. The molecule has 2 atom stereocenters. The number of carbonyl (C=O) groups is 1. The predicted molar refractivity (Wildman–Crippen MR) is 96.6 cm³/mol. The largest absolute Gasteiger partial charge is 0.349 e. The Labute approximate surface area is 148 Å². The van der Waals surface area contributed by atoms with Crippen molar-refractivity contribution in [3.05, 3.63) is 39.9 Å². The first-order chi connectivity index (χ1) is 11.9. The Kier molecular flexibility index (Phi) is 5.37. The molecule has 1 aromatic rings. The van der Waals surface area contributed by atoms with Crippen molar-refractivity contribution in [2.75, 3.05) is 6.54 Å². The first-order valence-electron chi connectivity index (χ1n) is 9.25. The van der Waals surface area contributed by atoms with Gasteiger partial charge in [0, 0.05) is 42.4 Å². The zero-order chi connectivity index (χ0) is 18.0. The first kappa shape index (κ1) is 17.9. The summed E-state index contributed by atoms with van der Waals surface area (Å²) in [5, 5.41) is 14.0. The zero-order valence-electron chi connectivity index (χ0n) is 15.0. The quantitative estimate of drug-likeness (QED) is 0.656. The second-order valence-corrected chi connectivity index (χ2v) is 7.78. The molecule has 136 valence electrons. The monoisotopic (exact) mass is 345 g/mol. The summed E-state index contributed by atoms with van der Waals surface area (Å²) in [6.07, 6.45) is 5.63. The van der Waals surface area contributed by atoms with Gasteiger partial charge in [-0.3, -0.25) is 19.8 Å². The number of rotatable bonds is 5. The van der Waals surface area contributed by atoms with Crippen LogP contribution in [0.25, 0.3) is 0 Å². The Morgan fingerprint density at radius 1 is 1.32 bits per heavy atom. The number of benzene rings is 1. The molecule has 2 fully saturated rings. The molecule has 2 bridgehead atoms. The Bertz CT molecular complexity index is 633. The van der Waals surface area contributed by atoms with Crippen molar-refractivity contribution in [2.45, 2.75) is 64.1 Å². The molecule has 2 heterocycles. The lowest BCUT2D eigenvalue weighted by Gasteiger charge is -2.49. The highest BCUT2D eigenvalue weighted by molar-refractivity contribution is 5.95. The molecule has 1 aromatic carbocycles. The molecule has 6 heteroatoms. The van der Waals surface area contributed by atoms with Crippen LogP contribution in [0.1, 0.15) is 56.3 Å². The van der Waals surface area contributed by atoms with E-state index < -0.39 is 4.92 Å². The van der Waals surface area contributed by atoms with Crippen molar-refractivity contribution in [1.29, 1.82) is 0 Å². The van der Waals surface area contributed by atoms with Gasteiger partial charge in [-0.1, -0.05) is 26.3 Å². The third kappa shape index (κ3) is 4.18. The minimum absolute atomic E-state index is 0.0451. The van der Waals surface area contributed by atoms with E-state index in [2.05, 4.69) is 24.1 Å². The van der Waals surface area contributed by atoms with Gasteiger partial charge in [-0.25, -0.2) is 0 Å². The molecule has 2 aliphatic heterocycles. The van der Waals surface area contributed by atoms with E-state index in [4.69, 9.17) is 0 Å². The maximum absolute atomic E-state index is 12.5. The molecule has 0 aromatic heterocycles. The van der Waals surface area contributed by atoms with Crippen LogP contribution in [-0.2, 0) is 0 Å². The van der Waals surface area contributed by atoms with Crippen molar-refractivity contribution >= 4 is 11.6 Å². The lowest BCUT2D eigenvalue weighted by molar-refractivity contribution is -0.384. The summed E-state index contributed by atoms with van der Waals surface area (Å²) in [7, 11) is 0. The molecule has 6 nitrogen and oxygen atoms in total. The molecule has 2 aliphatic rings. The number of nitro groups is 1. The molecule has 2 saturated heterocycles. The number of nitrogens with zero attached hydrogens (tertiary/aromatic N) is 2. The normalized spacial score (nSPS) is 26.4. The third-order valence-corrected chi connectivity index (χ3v) is 5.36. The second-order valence-electron chi connectivity index (χ2n) is 7.78. The average molecular weight is 345 g/mol. The van der Waals surface area contributed by atoms with Crippen molar-refractivity contribution in [2.24, 2.45) is 5.92 Å². The summed E-state index contributed by atoms with van der Waals surface area (Å²) >= 11 is 0. The number of carbonyl (C=O) groups excluding carboxylic acids is 1. The van der Waals surface area contributed by atoms with Crippen LogP contribution >= 0.6 is 0 Å². The van der Waals surface area contributed by atoms with E-state index >= 15 is 0 Å². The summed E-state index contributed by atoms with van der Waals surface area (Å²) in [6.45, 7) is 5.64. The van der Waals surface area contributed by atoms with Crippen molar-refractivity contribution in [3.63, 3.8) is 0 Å². The van der Waals surface area contributed by atoms with Gasteiger partial charge < -0.3 is 5.32 Å². The number of nitro benzene ring substituents is 1. The Morgan fingerprint density at radius 2 is 2.00 bits per heavy atom. The SMILES string of the molecule is CC(C)CN1C2CCCC1CC(NC(=O)c1cccc([N+](=O)[O-])c1)C2. The molecule has 3 rings (SSSR count). The van der Waals surface area contributed by atoms with E-state index in [9.17, 15) is 14.9 Å². The number of nitrogens with one attached hydrogen (secondary N) is 1. The van der Waals surface area contributed by atoms with Crippen LogP contribution in [0.4, 0.5) is 5.69 Å². The van der Waals surface area contributed by atoms with Gasteiger partial charge in [0.1, 0.15) is 0 Å². The lowest BCUT2D eigenvalue weighted by atomic mass is 9.81. The molecule has 1 N–H and O–H groups in total. The minimum Gasteiger partial charge on any atom is -0.349 e. The fraction of sp³-hybridized carbons (Fsp3) is 0.632. The number of amides is 1. The van der Waals surface area contributed by atoms with E-state index in [0.29, 0.717) is 23.6 Å². The van der Waals surface area contributed by atoms with Gasteiger partial charge in [-0.2, -0.15) is 0 Å². The standard InChI is InChI=1S/C19H27N3O3/c1-13(2)12-21-16-6-4-7-17(21)11-15(10-16)20-19(23)14-5-3-8-18(9-14)22(24)25/h3,5,8-9,13,15-17H,4,6-7,10-12H2,1-2H3,(H,20,23). The van der Waals surface area contributed by atoms with Crippen LogP contribution in [0.2, 0.25) is 0 Å². The molecule has 0 spiro atoms. The minimum atomic E-state index is -0.467. The summed E-state index contributed by atoms with van der Waals surface area (Å²) in [5.74, 6) is 0.447. The van der Waals surface area contributed by atoms with E-state index in [1.54, 1.807) is 12.1 Å². The van der Waals surface area contributed by atoms with Crippen LogP contribution in [-0.4, -0.2) is 40.4 Å². The second kappa shape index (κ2) is 7.52. The molecule has 0 aliphatic carbocycles. The fourth-order valence-electron chi connectivity index (χ4n) is 4.35. The van der Waals surface area contributed by atoms with Gasteiger partial charge in [-0.05, 0) is 37.7 Å². The van der Waals surface area contributed by atoms with Crippen molar-refractivity contribution in [3.8, 4) is 0 Å². The van der Waals surface area contributed by atoms with E-state index in [0.717, 1.165) is 19.4 Å². The van der Waals surface area contributed by atoms with Crippen molar-refractivity contribution < 1.29 is 9.72 Å². The smallest absolute Gasteiger partial charge is 0.270 e. The summed E-state index contributed by atoms with van der Waals surface area (Å²) in [4.78, 5) is 25.6. The predicted octanol–water partition coefficient (Wildman–Crippen LogP) is 3.37. The number of non-ortho nitro benzene ring substituents is 1. The molecule has 0 saturated carbocycles. The molecule has 1 amide bonds. The number of hydrogen-bond donors (Lipinski definition) is 1. The third-order valence-electron chi connectivity index (χ3n) is 5.36. The summed E-state index contributed by atoms with van der Waals surface area (Å²) in [6, 6.07) is 7.21. The Hall–Kier alpha value is -1.95. The van der Waals surface area contributed by atoms with Crippen LogP contribution in [0.3, 0.4) is 0 Å². The van der Waals surface area contributed by atoms with Gasteiger partial charge in [0.05, 0.1) is 4.92 Å². The highest BCUT2D eigenvalue weighted by atomic mass is 16.6. The van der Waals surface area contributed by atoms with Crippen molar-refractivity contribution in [1.82, 2.24) is 10.2 Å². The maximum Gasteiger partial charge on any atom is 0.270 e. The molecule has 0 radical (unpaired) electrons. The van der Waals surface area contributed by atoms with Gasteiger partial charge in [0.2, 0.25) is 0 Å². The first-order valence-corrected chi connectivity index (χ1v) is 9.25. The molecule has 2 unspecified atom stereocenters. The van der Waals surface area contributed by atoms with Crippen LogP contribution in [0.5, 0.6) is 0 Å². The highest BCUT2D eigenvalue weighted by Crippen LogP contribution is 2.34. The zero-order valence-corrected chi connectivity index (χ0v) is 15.0. The number of fused-ring (bicyclic) bond motifs is 2. The van der Waals surface area contributed by atoms with Crippen LogP contribution < -0.4 is 5.32 Å². The number of hydrogen-bond acceptors (Lipinski definition) is 4. The van der Waals surface area contributed by atoms with Gasteiger partial charge >= 0.3 is 0 Å². The van der Waals surface area contributed by atoms with E-state index in [1.807, 2.05) is 0 Å². The maximum atomic E-state index is 12.5. The Morgan fingerprint density at radius 3 is 2.60 bits per heavy atom. The van der Waals surface area contributed by atoms with Gasteiger partial charge in [-0.15, -0.1) is 0 Å². The molecular weight excluding hydrogens is 318 g/mol. The number of piperidine rings is 2. The molecular formula is C19H27N3O3. The summed E-state index contributed by atoms with van der Waals surface area (Å²) < 4.78 is 0. The lowest BCUT2D eigenvalue weighted by Crippen LogP contribution is -2.57.